The molecule has 2 amide bonds. The molecule has 0 radical (unpaired) electrons. The Hall–Kier alpha value is -1.59. The highest BCUT2D eigenvalue weighted by Gasteiger charge is 2.29. The Morgan fingerprint density at radius 1 is 1.43 bits per heavy atom. The molecule has 3 N–H and O–H groups in total. The summed E-state index contributed by atoms with van der Waals surface area (Å²) < 4.78 is 0. The Labute approximate surface area is 129 Å². The number of carbonyl (C=O) groups excluding carboxylic acids is 2. The molecule has 2 rings (SSSR count). The van der Waals surface area contributed by atoms with Gasteiger partial charge in [-0.1, -0.05) is 11.6 Å². The van der Waals surface area contributed by atoms with Crippen LogP contribution in [0.4, 0.5) is 5.69 Å². The van der Waals surface area contributed by atoms with E-state index in [1.807, 2.05) is 0 Å². The van der Waals surface area contributed by atoms with Crippen LogP contribution in [0.2, 0.25) is 5.02 Å². The molecular weight excluding hydrogens is 290 g/mol. The predicted molar refractivity (Wildman–Crippen MR) is 83.4 cm³/mol. The average molecular weight is 310 g/mol. The third-order valence-electron chi connectivity index (χ3n) is 3.54. The first-order valence-corrected chi connectivity index (χ1v) is 7.33. The summed E-state index contributed by atoms with van der Waals surface area (Å²) in [6.07, 6.45) is 2.51. The zero-order valence-corrected chi connectivity index (χ0v) is 13.0. The summed E-state index contributed by atoms with van der Waals surface area (Å²) in [5.74, 6) is 0.137. The summed E-state index contributed by atoms with van der Waals surface area (Å²) in [4.78, 5) is 25.4. The highest BCUT2D eigenvalue weighted by Crippen LogP contribution is 2.33. The van der Waals surface area contributed by atoms with Gasteiger partial charge in [0.15, 0.2) is 0 Å². The topological polar surface area (TPSA) is 75.4 Å². The van der Waals surface area contributed by atoms with Crippen molar-refractivity contribution in [2.24, 2.45) is 11.7 Å². The predicted octanol–water partition coefficient (Wildman–Crippen LogP) is 2.11. The van der Waals surface area contributed by atoms with E-state index in [4.69, 9.17) is 17.3 Å². The number of amides is 2. The van der Waals surface area contributed by atoms with Crippen molar-refractivity contribution in [1.29, 1.82) is 0 Å². The van der Waals surface area contributed by atoms with Crippen LogP contribution < -0.4 is 11.1 Å². The van der Waals surface area contributed by atoms with Crippen molar-refractivity contribution < 1.29 is 9.59 Å². The first kappa shape index (κ1) is 15.8. The summed E-state index contributed by atoms with van der Waals surface area (Å²) in [5.41, 5.74) is 6.85. The highest BCUT2D eigenvalue weighted by molar-refractivity contribution is 6.34. The van der Waals surface area contributed by atoms with E-state index in [0.717, 1.165) is 12.8 Å². The first-order valence-electron chi connectivity index (χ1n) is 6.95. The van der Waals surface area contributed by atoms with Crippen molar-refractivity contribution in [3.8, 4) is 0 Å². The molecule has 114 valence electrons. The van der Waals surface area contributed by atoms with E-state index in [1.54, 1.807) is 32.3 Å². The van der Waals surface area contributed by atoms with Gasteiger partial charge in [0.1, 0.15) is 0 Å². The Bertz CT molecular complexity index is 556. The molecule has 1 aliphatic carbocycles. The standard InChI is InChI=1S/C15H20ClN3O2/c1-19(2)15(21)11-7-10(5-6-12(11)16)18-14(20)8-13(17)9-3-4-9/h5-7,9,13H,3-4,8,17H2,1-2H3,(H,18,20). The highest BCUT2D eigenvalue weighted by atomic mass is 35.5. The van der Waals surface area contributed by atoms with Crippen molar-refractivity contribution in [3.05, 3.63) is 28.8 Å². The lowest BCUT2D eigenvalue weighted by atomic mass is 10.1. The van der Waals surface area contributed by atoms with Crippen molar-refractivity contribution in [2.75, 3.05) is 19.4 Å². The maximum Gasteiger partial charge on any atom is 0.254 e. The summed E-state index contributed by atoms with van der Waals surface area (Å²) in [7, 11) is 3.30. The second kappa shape index (κ2) is 6.45. The van der Waals surface area contributed by atoms with Gasteiger partial charge in [0.05, 0.1) is 10.6 Å². The molecule has 0 aliphatic heterocycles. The molecule has 0 saturated heterocycles. The molecular formula is C15H20ClN3O2. The van der Waals surface area contributed by atoms with Gasteiger partial charge in [0.25, 0.3) is 5.91 Å². The van der Waals surface area contributed by atoms with E-state index < -0.39 is 0 Å². The number of anilines is 1. The van der Waals surface area contributed by atoms with E-state index in [1.165, 1.54) is 4.90 Å². The third-order valence-corrected chi connectivity index (χ3v) is 3.86. The summed E-state index contributed by atoms with van der Waals surface area (Å²) in [6, 6.07) is 4.79. The van der Waals surface area contributed by atoms with Gasteiger partial charge in [-0.2, -0.15) is 0 Å². The van der Waals surface area contributed by atoms with E-state index in [2.05, 4.69) is 5.32 Å². The Kier molecular flexibility index (Phi) is 4.85. The van der Waals surface area contributed by atoms with Crippen LogP contribution in [0, 0.1) is 5.92 Å². The van der Waals surface area contributed by atoms with Crippen LogP contribution in [-0.4, -0.2) is 36.9 Å². The van der Waals surface area contributed by atoms with Gasteiger partial charge in [0.2, 0.25) is 5.91 Å². The largest absolute Gasteiger partial charge is 0.345 e. The number of benzene rings is 1. The molecule has 1 aromatic carbocycles. The quantitative estimate of drug-likeness (QED) is 0.874. The number of rotatable bonds is 5. The molecule has 1 unspecified atom stereocenters. The Balaban J connectivity index is 2.04. The number of nitrogens with zero attached hydrogens (tertiary/aromatic N) is 1. The number of hydrogen-bond acceptors (Lipinski definition) is 3. The maximum absolute atomic E-state index is 12.0. The van der Waals surface area contributed by atoms with Crippen LogP contribution in [0.5, 0.6) is 0 Å². The smallest absolute Gasteiger partial charge is 0.254 e. The molecule has 0 heterocycles. The second-order valence-corrected chi connectivity index (χ2v) is 6.05. The van der Waals surface area contributed by atoms with E-state index in [0.29, 0.717) is 28.6 Å². The van der Waals surface area contributed by atoms with Crippen LogP contribution in [-0.2, 0) is 4.79 Å². The molecule has 0 aromatic heterocycles. The number of carbonyl (C=O) groups is 2. The first-order chi connectivity index (χ1) is 9.88. The number of hydrogen-bond donors (Lipinski definition) is 2. The van der Waals surface area contributed by atoms with Gasteiger partial charge in [-0.05, 0) is 37.0 Å². The second-order valence-electron chi connectivity index (χ2n) is 5.65. The lowest BCUT2D eigenvalue weighted by molar-refractivity contribution is -0.116. The monoisotopic (exact) mass is 309 g/mol. The number of nitrogens with two attached hydrogens (primary N) is 1. The van der Waals surface area contributed by atoms with Gasteiger partial charge in [-0.25, -0.2) is 0 Å². The molecule has 0 spiro atoms. The lowest BCUT2D eigenvalue weighted by Crippen LogP contribution is -2.29. The number of nitrogens with one attached hydrogen (secondary N) is 1. The van der Waals surface area contributed by atoms with Crippen molar-refractivity contribution in [2.45, 2.75) is 25.3 Å². The number of halogens is 1. The molecule has 1 aliphatic rings. The minimum atomic E-state index is -0.203. The third kappa shape index (κ3) is 4.19. The summed E-state index contributed by atoms with van der Waals surface area (Å²) >= 11 is 6.03. The van der Waals surface area contributed by atoms with Crippen LogP contribution in [0.25, 0.3) is 0 Å². The molecule has 6 heteroatoms. The SMILES string of the molecule is CN(C)C(=O)c1cc(NC(=O)CC(N)C2CC2)ccc1Cl. The fourth-order valence-electron chi connectivity index (χ4n) is 2.12. The Morgan fingerprint density at radius 2 is 2.10 bits per heavy atom. The van der Waals surface area contributed by atoms with Gasteiger partial charge in [-0.3, -0.25) is 9.59 Å². The molecule has 1 atom stereocenters. The zero-order chi connectivity index (χ0) is 15.6. The van der Waals surface area contributed by atoms with Gasteiger partial charge in [0, 0.05) is 32.2 Å². The van der Waals surface area contributed by atoms with Gasteiger partial charge >= 0.3 is 0 Å². The van der Waals surface area contributed by atoms with E-state index >= 15 is 0 Å². The summed E-state index contributed by atoms with van der Waals surface area (Å²) in [6.45, 7) is 0. The summed E-state index contributed by atoms with van der Waals surface area (Å²) in [5, 5.41) is 3.13. The molecule has 1 fully saturated rings. The fourth-order valence-corrected chi connectivity index (χ4v) is 2.32. The zero-order valence-electron chi connectivity index (χ0n) is 12.2. The minimum Gasteiger partial charge on any atom is -0.345 e. The average Bonchev–Trinajstić information content (AvgIpc) is 3.24. The lowest BCUT2D eigenvalue weighted by Gasteiger charge is -2.14. The maximum atomic E-state index is 12.0. The van der Waals surface area contributed by atoms with Gasteiger partial charge in [-0.15, -0.1) is 0 Å². The molecule has 1 saturated carbocycles. The minimum absolute atomic E-state index is 0.0832. The molecule has 21 heavy (non-hydrogen) atoms. The van der Waals surface area contributed by atoms with Crippen LogP contribution in [0.3, 0.4) is 0 Å². The van der Waals surface area contributed by atoms with Crippen molar-refractivity contribution in [1.82, 2.24) is 4.90 Å². The van der Waals surface area contributed by atoms with Crippen molar-refractivity contribution >= 4 is 29.1 Å². The van der Waals surface area contributed by atoms with Crippen LogP contribution in [0.1, 0.15) is 29.6 Å². The normalized spacial score (nSPS) is 15.4. The van der Waals surface area contributed by atoms with Gasteiger partial charge < -0.3 is 16.0 Å². The molecule has 1 aromatic rings. The van der Waals surface area contributed by atoms with Crippen molar-refractivity contribution in [3.63, 3.8) is 0 Å². The molecule has 0 bridgehead atoms. The van der Waals surface area contributed by atoms with E-state index in [9.17, 15) is 9.59 Å². The van der Waals surface area contributed by atoms with Crippen LogP contribution in [0.15, 0.2) is 18.2 Å². The Morgan fingerprint density at radius 3 is 2.67 bits per heavy atom. The van der Waals surface area contributed by atoms with Crippen LogP contribution >= 0.6 is 11.6 Å². The van der Waals surface area contributed by atoms with E-state index in [-0.39, 0.29) is 17.9 Å². The fraction of sp³-hybridized carbons (Fsp3) is 0.467. The molecule has 5 nitrogen and oxygen atoms in total.